The number of benzene rings is 3. The molecule has 0 spiro atoms. The molecular formula is C26H22FN3O4. The van der Waals surface area contributed by atoms with Crippen molar-refractivity contribution in [1.29, 1.82) is 0 Å². The molecule has 172 valence electrons. The number of fused-ring (bicyclic) bond motifs is 1. The van der Waals surface area contributed by atoms with Gasteiger partial charge >= 0.3 is 0 Å². The van der Waals surface area contributed by atoms with E-state index in [1.54, 1.807) is 28.9 Å². The topological polar surface area (TPSA) is 74.6 Å². The maximum Gasteiger partial charge on any atom is 0.251 e. The van der Waals surface area contributed by atoms with Gasteiger partial charge in [-0.15, -0.1) is 0 Å². The molecule has 1 amide bonds. The van der Waals surface area contributed by atoms with Crippen LogP contribution in [0.5, 0.6) is 17.2 Å². The Morgan fingerprint density at radius 1 is 1.09 bits per heavy atom. The van der Waals surface area contributed by atoms with Gasteiger partial charge in [-0.1, -0.05) is 18.2 Å². The Labute approximate surface area is 195 Å². The predicted octanol–water partition coefficient (Wildman–Crippen LogP) is 4.39. The molecule has 7 nitrogen and oxygen atoms in total. The second-order valence-electron chi connectivity index (χ2n) is 7.68. The van der Waals surface area contributed by atoms with Crippen LogP contribution in [0, 0.1) is 5.82 Å². The highest BCUT2D eigenvalue weighted by atomic mass is 19.1. The van der Waals surface area contributed by atoms with Crippen LogP contribution < -0.4 is 19.5 Å². The first-order valence-electron chi connectivity index (χ1n) is 10.8. The monoisotopic (exact) mass is 459 g/mol. The summed E-state index contributed by atoms with van der Waals surface area (Å²) >= 11 is 0. The molecule has 0 saturated carbocycles. The highest BCUT2D eigenvalue weighted by Crippen LogP contribution is 2.40. The third-order valence-electron chi connectivity index (χ3n) is 5.46. The van der Waals surface area contributed by atoms with E-state index in [-0.39, 0.29) is 18.3 Å². The minimum atomic E-state index is -0.325. The Balaban J connectivity index is 1.43. The molecular weight excluding hydrogens is 437 g/mol. The van der Waals surface area contributed by atoms with Crippen LogP contribution in [-0.4, -0.2) is 36.0 Å². The molecule has 1 aliphatic rings. The van der Waals surface area contributed by atoms with Crippen molar-refractivity contribution < 1.29 is 23.4 Å². The van der Waals surface area contributed by atoms with Crippen LogP contribution in [0.25, 0.3) is 16.9 Å². The molecule has 1 aromatic heterocycles. The summed E-state index contributed by atoms with van der Waals surface area (Å²) in [5.41, 5.74) is 3.46. The van der Waals surface area contributed by atoms with Gasteiger partial charge in [0.1, 0.15) is 19.0 Å². The summed E-state index contributed by atoms with van der Waals surface area (Å²) in [4.78, 5) is 13.0. The summed E-state index contributed by atoms with van der Waals surface area (Å²) in [6, 6.07) is 19.0. The van der Waals surface area contributed by atoms with Gasteiger partial charge in [0.25, 0.3) is 5.91 Å². The lowest BCUT2D eigenvalue weighted by Gasteiger charge is -2.21. The molecule has 0 atom stereocenters. The number of amides is 1. The fraction of sp³-hybridized carbons (Fsp3) is 0.154. The van der Waals surface area contributed by atoms with Crippen LogP contribution in [0.1, 0.15) is 15.9 Å². The number of hydrogen-bond donors (Lipinski definition) is 1. The van der Waals surface area contributed by atoms with Crippen molar-refractivity contribution in [3.63, 3.8) is 0 Å². The van der Waals surface area contributed by atoms with Crippen molar-refractivity contribution in [3.05, 3.63) is 89.9 Å². The number of aromatic nitrogens is 2. The van der Waals surface area contributed by atoms with Gasteiger partial charge < -0.3 is 19.5 Å². The van der Waals surface area contributed by atoms with E-state index in [0.29, 0.717) is 41.7 Å². The first kappa shape index (κ1) is 21.5. The maximum absolute atomic E-state index is 13.5. The van der Waals surface area contributed by atoms with Crippen molar-refractivity contribution in [2.45, 2.75) is 6.54 Å². The van der Waals surface area contributed by atoms with Gasteiger partial charge in [-0.25, -0.2) is 9.07 Å². The molecule has 34 heavy (non-hydrogen) atoms. The molecule has 4 aromatic rings. The number of carbonyl (C=O) groups excluding carboxylic acids is 1. The highest BCUT2D eigenvalue weighted by Gasteiger charge is 2.21. The summed E-state index contributed by atoms with van der Waals surface area (Å²) < 4.78 is 31.8. The average molecular weight is 459 g/mol. The molecule has 1 N–H and O–H groups in total. The first-order valence-corrected chi connectivity index (χ1v) is 10.8. The molecule has 3 aromatic carbocycles. The van der Waals surface area contributed by atoms with Crippen LogP contribution in [0.4, 0.5) is 4.39 Å². The van der Waals surface area contributed by atoms with Crippen molar-refractivity contribution in [1.82, 2.24) is 15.1 Å². The second-order valence-corrected chi connectivity index (χ2v) is 7.68. The number of ether oxygens (including phenoxy) is 3. The average Bonchev–Trinajstić information content (AvgIpc) is 3.31. The maximum atomic E-state index is 13.5. The zero-order chi connectivity index (χ0) is 23.5. The summed E-state index contributed by atoms with van der Waals surface area (Å²) in [7, 11) is 1.52. The fourth-order valence-electron chi connectivity index (χ4n) is 3.78. The largest absolute Gasteiger partial charge is 0.493 e. The van der Waals surface area contributed by atoms with Crippen molar-refractivity contribution in [2.75, 3.05) is 20.3 Å². The lowest BCUT2D eigenvalue weighted by molar-refractivity contribution is 0.0949. The van der Waals surface area contributed by atoms with Gasteiger partial charge in [-0.3, -0.25) is 4.79 Å². The second kappa shape index (κ2) is 9.27. The smallest absolute Gasteiger partial charge is 0.251 e. The molecule has 0 radical (unpaired) electrons. The predicted molar refractivity (Wildman–Crippen MR) is 124 cm³/mol. The molecule has 0 bridgehead atoms. The van der Waals surface area contributed by atoms with Crippen molar-refractivity contribution in [2.24, 2.45) is 0 Å². The number of carbonyl (C=O) groups is 1. The van der Waals surface area contributed by atoms with E-state index in [1.807, 2.05) is 36.5 Å². The Morgan fingerprint density at radius 3 is 2.62 bits per heavy atom. The van der Waals surface area contributed by atoms with Gasteiger partial charge in [-0.2, -0.15) is 5.10 Å². The number of methoxy groups -OCH3 is 1. The van der Waals surface area contributed by atoms with Crippen LogP contribution in [0.2, 0.25) is 0 Å². The lowest BCUT2D eigenvalue weighted by atomic mass is 10.1. The molecule has 0 unspecified atom stereocenters. The van der Waals surface area contributed by atoms with Crippen LogP contribution in [0.3, 0.4) is 0 Å². The number of nitrogens with zero attached hydrogens (tertiary/aromatic N) is 2. The van der Waals surface area contributed by atoms with Gasteiger partial charge in [0.2, 0.25) is 5.75 Å². The van der Waals surface area contributed by atoms with E-state index < -0.39 is 0 Å². The third-order valence-corrected chi connectivity index (χ3v) is 5.46. The van der Waals surface area contributed by atoms with Crippen molar-refractivity contribution >= 4 is 5.91 Å². The Hall–Kier alpha value is -4.33. The number of hydrogen-bond acceptors (Lipinski definition) is 5. The summed E-state index contributed by atoms with van der Waals surface area (Å²) in [5.74, 6) is 0.778. The normalized spacial score (nSPS) is 12.3. The zero-order valence-electron chi connectivity index (χ0n) is 18.5. The summed E-state index contributed by atoms with van der Waals surface area (Å²) in [6.45, 7) is 1.04. The number of nitrogens with one attached hydrogen (secondary N) is 1. The van der Waals surface area contributed by atoms with E-state index in [1.165, 1.54) is 19.2 Å². The van der Waals surface area contributed by atoms with E-state index in [2.05, 4.69) is 5.32 Å². The van der Waals surface area contributed by atoms with Crippen molar-refractivity contribution in [3.8, 4) is 34.2 Å². The third kappa shape index (κ3) is 4.30. The molecule has 0 aliphatic carbocycles. The summed E-state index contributed by atoms with van der Waals surface area (Å²) in [5, 5.41) is 7.64. The molecule has 0 saturated heterocycles. The molecule has 8 heteroatoms. The summed E-state index contributed by atoms with van der Waals surface area (Å²) in [6.07, 6.45) is 1.86. The number of rotatable bonds is 6. The minimum absolute atomic E-state index is 0.217. The molecule has 5 rings (SSSR count). The fourth-order valence-corrected chi connectivity index (χ4v) is 3.78. The molecule has 2 heterocycles. The van der Waals surface area contributed by atoms with E-state index in [9.17, 15) is 9.18 Å². The Kier molecular flexibility index (Phi) is 5.86. The Bertz CT molecular complexity index is 1300. The van der Waals surface area contributed by atoms with Gasteiger partial charge in [0.05, 0.1) is 18.5 Å². The lowest BCUT2D eigenvalue weighted by Crippen LogP contribution is -2.24. The van der Waals surface area contributed by atoms with Crippen LogP contribution in [-0.2, 0) is 6.54 Å². The van der Waals surface area contributed by atoms with Gasteiger partial charge in [-0.05, 0) is 48.5 Å². The zero-order valence-corrected chi connectivity index (χ0v) is 18.5. The standard InChI is InChI=1S/C26H22FN3O4/c1-32-22-13-18(14-23-25(22)34-12-11-33-23)26(31)28-15-19-16-30(21-5-3-2-4-6-21)29-24(19)17-7-9-20(27)10-8-17/h2-10,13-14,16H,11-12,15H2,1H3,(H,28,31). The SMILES string of the molecule is COc1cc(C(=O)NCc2cn(-c3ccccc3)nc2-c2ccc(F)cc2)cc2c1OCCO2. The first-order chi connectivity index (χ1) is 16.6. The highest BCUT2D eigenvalue weighted by molar-refractivity contribution is 5.95. The van der Waals surface area contributed by atoms with E-state index >= 15 is 0 Å². The van der Waals surface area contributed by atoms with Crippen LogP contribution >= 0.6 is 0 Å². The van der Waals surface area contributed by atoms with E-state index in [0.717, 1.165) is 16.8 Å². The van der Waals surface area contributed by atoms with Gasteiger partial charge in [0, 0.05) is 29.4 Å². The molecule has 0 fully saturated rings. The quantitative estimate of drug-likeness (QED) is 0.463. The number of halogens is 1. The molecule has 1 aliphatic heterocycles. The van der Waals surface area contributed by atoms with Gasteiger partial charge in [0.15, 0.2) is 11.5 Å². The van der Waals surface area contributed by atoms with Crippen LogP contribution in [0.15, 0.2) is 72.9 Å². The number of para-hydroxylation sites is 1. The minimum Gasteiger partial charge on any atom is -0.493 e. The van der Waals surface area contributed by atoms with E-state index in [4.69, 9.17) is 19.3 Å². The Morgan fingerprint density at radius 2 is 1.85 bits per heavy atom.